The molecule has 6 heteroatoms. The van der Waals surface area contributed by atoms with Gasteiger partial charge >= 0.3 is 0 Å². The van der Waals surface area contributed by atoms with E-state index in [9.17, 15) is 0 Å². The van der Waals surface area contributed by atoms with E-state index in [0.29, 0.717) is 0 Å². The van der Waals surface area contributed by atoms with Gasteiger partial charge in [-0.1, -0.05) is 59.4 Å². The van der Waals surface area contributed by atoms with Crippen molar-refractivity contribution in [2.75, 3.05) is 33.1 Å². The normalized spacial score (nSPS) is 15.9. The second-order valence-electron chi connectivity index (χ2n) is 10.1. The Hall–Kier alpha value is -1.37. The van der Waals surface area contributed by atoms with E-state index in [1.165, 1.54) is 16.7 Å². The number of thioether (sulfide) groups is 1. The van der Waals surface area contributed by atoms with Crippen molar-refractivity contribution in [2.24, 2.45) is 0 Å². The Kier molecular flexibility index (Phi) is 5.95. The van der Waals surface area contributed by atoms with E-state index < -0.39 is 0 Å². The molecule has 1 aromatic carbocycles. The monoisotopic (exact) mass is 401 g/mol. The minimum absolute atomic E-state index is 0.0905. The van der Waals surface area contributed by atoms with Gasteiger partial charge in [-0.15, -0.1) is 10.2 Å². The zero-order chi connectivity index (χ0) is 20.7. The standard InChI is InChI=1S/C22H35N5S/c1-21(2,3)17-11-16(12-18(13-17)22(4,5)6)19-23-24-20-27(19)14-26(15-28-20)10-9-25(7)8/h11-13H,9-10,14-15H2,1-8H3. The summed E-state index contributed by atoms with van der Waals surface area (Å²) in [4.78, 5) is 4.69. The third-order valence-corrected chi connectivity index (χ3v) is 6.28. The van der Waals surface area contributed by atoms with Crippen LogP contribution in [0.15, 0.2) is 23.4 Å². The van der Waals surface area contributed by atoms with Crippen molar-refractivity contribution in [2.45, 2.75) is 64.2 Å². The number of nitrogens with zero attached hydrogens (tertiary/aromatic N) is 5. The van der Waals surface area contributed by atoms with Gasteiger partial charge < -0.3 is 4.90 Å². The fourth-order valence-corrected chi connectivity index (χ4v) is 4.13. The van der Waals surface area contributed by atoms with Crippen LogP contribution in [0.5, 0.6) is 0 Å². The molecule has 3 rings (SSSR count). The van der Waals surface area contributed by atoms with Crippen LogP contribution >= 0.6 is 11.8 Å². The minimum Gasteiger partial charge on any atom is -0.308 e. The largest absolute Gasteiger partial charge is 0.308 e. The number of likely N-dealkylation sites (N-methyl/N-ethyl adjacent to an activating group) is 1. The molecule has 1 aromatic heterocycles. The molecule has 0 unspecified atom stereocenters. The zero-order valence-corrected chi connectivity index (χ0v) is 19.5. The summed E-state index contributed by atoms with van der Waals surface area (Å²) in [6, 6.07) is 6.96. The lowest BCUT2D eigenvalue weighted by atomic mass is 9.79. The lowest BCUT2D eigenvalue weighted by Gasteiger charge is -2.29. The van der Waals surface area contributed by atoms with Crippen LogP contribution in [-0.2, 0) is 17.5 Å². The van der Waals surface area contributed by atoms with Gasteiger partial charge in [-0.25, -0.2) is 0 Å². The highest BCUT2D eigenvalue weighted by molar-refractivity contribution is 7.99. The lowest BCUT2D eigenvalue weighted by Crippen LogP contribution is -2.35. The Morgan fingerprint density at radius 3 is 2.11 bits per heavy atom. The summed E-state index contributed by atoms with van der Waals surface area (Å²) in [5, 5.41) is 10.1. The molecule has 0 atom stereocenters. The lowest BCUT2D eigenvalue weighted by molar-refractivity contribution is 0.215. The second-order valence-corrected chi connectivity index (χ2v) is 11.1. The summed E-state index contributed by atoms with van der Waals surface area (Å²) in [6.07, 6.45) is 0. The molecule has 0 radical (unpaired) electrons. The molecule has 0 amide bonds. The number of fused-ring (bicyclic) bond motifs is 1. The van der Waals surface area contributed by atoms with Crippen molar-refractivity contribution in [3.05, 3.63) is 29.3 Å². The number of rotatable bonds is 4. The first-order valence-electron chi connectivity index (χ1n) is 10.0. The van der Waals surface area contributed by atoms with Gasteiger partial charge in [-0.2, -0.15) is 0 Å². The Morgan fingerprint density at radius 1 is 0.964 bits per heavy atom. The number of benzene rings is 1. The van der Waals surface area contributed by atoms with Gasteiger partial charge in [0.1, 0.15) is 0 Å². The molecule has 28 heavy (non-hydrogen) atoms. The molecule has 0 aliphatic carbocycles. The summed E-state index contributed by atoms with van der Waals surface area (Å²) in [5.41, 5.74) is 4.05. The van der Waals surface area contributed by atoms with Gasteiger partial charge in [0.05, 0.1) is 12.5 Å². The topological polar surface area (TPSA) is 37.2 Å². The van der Waals surface area contributed by atoms with Crippen LogP contribution < -0.4 is 0 Å². The van der Waals surface area contributed by atoms with Crippen molar-refractivity contribution < 1.29 is 0 Å². The highest BCUT2D eigenvalue weighted by Crippen LogP contribution is 2.35. The van der Waals surface area contributed by atoms with Crippen LogP contribution in [0, 0.1) is 0 Å². The van der Waals surface area contributed by atoms with Crippen LogP contribution in [0.4, 0.5) is 0 Å². The molecule has 1 aliphatic heterocycles. The molecule has 0 saturated heterocycles. The van der Waals surface area contributed by atoms with E-state index in [2.05, 4.69) is 98.4 Å². The predicted octanol–water partition coefficient (Wildman–Crippen LogP) is 4.42. The van der Waals surface area contributed by atoms with Gasteiger partial charge in [0.2, 0.25) is 0 Å². The van der Waals surface area contributed by atoms with E-state index in [0.717, 1.165) is 36.6 Å². The summed E-state index contributed by atoms with van der Waals surface area (Å²) >= 11 is 1.78. The molecule has 0 N–H and O–H groups in total. The molecule has 154 valence electrons. The molecular weight excluding hydrogens is 366 g/mol. The molecule has 0 bridgehead atoms. The maximum atomic E-state index is 4.60. The summed E-state index contributed by atoms with van der Waals surface area (Å²) in [5.74, 6) is 1.95. The average molecular weight is 402 g/mol. The van der Waals surface area contributed by atoms with Gasteiger partial charge in [0.15, 0.2) is 11.0 Å². The second kappa shape index (κ2) is 7.81. The Labute approximate surface area is 174 Å². The molecule has 0 spiro atoms. The fourth-order valence-electron chi connectivity index (χ4n) is 3.23. The van der Waals surface area contributed by atoms with E-state index in [1.54, 1.807) is 11.8 Å². The molecule has 0 saturated carbocycles. The third kappa shape index (κ3) is 4.78. The molecule has 1 aliphatic rings. The van der Waals surface area contributed by atoms with Crippen LogP contribution in [0.1, 0.15) is 52.7 Å². The first-order chi connectivity index (χ1) is 12.9. The number of aromatic nitrogens is 3. The summed E-state index contributed by atoms with van der Waals surface area (Å²) < 4.78 is 2.28. The first-order valence-corrected chi connectivity index (χ1v) is 11.0. The van der Waals surface area contributed by atoms with Crippen molar-refractivity contribution in [1.82, 2.24) is 24.6 Å². The van der Waals surface area contributed by atoms with Crippen molar-refractivity contribution in [1.29, 1.82) is 0 Å². The van der Waals surface area contributed by atoms with Crippen LogP contribution in [0.25, 0.3) is 11.4 Å². The smallest absolute Gasteiger partial charge is 0.193 e. The first kappa shape index (κ1) is 21.3. The Bertz CT molecular complexity index is 794. The number of hydrogen-bond donors (Lipinski definition) is 0. The van der Waals surface area contributed by atoms with Gasteiger partial charge in [0.25, 0.3) is 0 Å². The van der Waals surface area contributed by atoms with Crippen LogP contribution in [0.2, 0.25) is 0 Å². The molecule has 2 heterocycles. The quantitative estimate of drug-likeness (QED) is 0.758. The van der Waals surface area contributed by atoms with E-state index in [-0.39, 0.29) is 10.8 Å². The van der Waals surface area contributed by atoms with E-state index in [1.807, 2.05) is 0 Å². The van der Waals surface area contributed by atoms with Crippen LogP contribution in [-0.4, -0.2) is 57.6 Å². The van der Waals surface area contributed by atoms with E-state index in [4.69, 9.17) is 0 Å². The highest BCUT2D eigenvalue weighted by atomic mass is 32.2. The predicted molar refractivity (Wildman–Crippen MR) is 119 cm³/mol. The van der Waals surface area contributed by atoms with Crippen molar-refractivity contribution in [3.63, 3.8) is 0 Å². The van der Waals surface area contributed by atoms with Gasteiger partial charge in [-0.05, 0) is 48.2 Å². The minimum atomic E-state index is 0.0905. The summed E-state index contributed by atoms with van der Waals surface area (Å²) in [7, 11) is 4.25. The van der Waals surface area contributed by atoms with Gasteiger partial charge in [-0.3, -0.25) is 9.47 Å². The highest BCUT2D eigenvalue weighted by Gasteiger charge is 2.25. The fraction of sp³-hybridized carbons (Fsp3) is 0.636. The Balaban J connectivity index is 2.00. The maximum Gasteiger partial charge on any atom is 0.193 e. The summed E-state index contributed by atoms with van der Waals surface area (Å²) in [6.45, 7) is 16.6. The molecule has 5 nitrogen and oxygen atoms in total. The molecule has 0 fully saturated rings. The maximum absolute atomic E-state index is 4.60. The number of hydrogen-bond acceptors (Lipinski definition) is 5. The SMILES string of the molecule is CN(C)CCN1CSc2nnc(-c3cc(C(C)(C)C)cc(C(C)(C)C)c3)n2C1. The molecule has 2 aromatic rings. The average Bonchev–Trinajstić information content (AvgIpc) is 3.01. The van der Waals surface area contributed by atoms with Gasteiger partial charge in [0, 0.05) is 18.7 Å². The molecular formula is C22H35N5S. The van der Waals surface area contributed by atoms with E-state index >= 15 is 0 Å². The third-order valence-electron chi connectivity index (χ3n) is 5.22. The van der Waals surface area contributed by atoms with Crippen LogP contribution in [0.3, 0.4) is 0 Å². The van der Waals surface area contributed by atoms with Crippen molar-refractivity contribution >= 4 is 11.8 Å². The Morgan fingerprint density at radius 2 is 1.57 bits per heavy atom. The zero-order valence-electron chi connectivity index (χ0n) is 18.7. The van der Waals surface area contributed by atoms with Crippen molar-refractivity contribution in [3.8, 4) is 11.4 Å².